The van der Waals surface area contributed by atoms with Crippen molar-refractivity contribution >= 4 is 29.9 Å². The number of carboxylic acid groups (broad SMARTS) is 1. The van der Waals surface area contributed by atoms with Gasteiger partial charge in [0.2, 0.25) is 0 Å². The van der Waals surface area contributed by atoms with E-state index in [0.717, 1.165) is 16.9 Å². The lowest BCUT2D eigenvalue weighted by Gasteiger charge is -2.26. The van der Waals surface area contributed by atoms with Gasteiger partial charge in [0.05, 0.1) is 25.8 Å². The van der Waals surface area contributed by atoms with Crippen molar-refractivity contribution in [2.24, 2.45) is 0 Å². The largest absolute Gasteiger partial charge is 0.493 e. The Balaban J connectivity index is 1.49. The molecule has 1 fully saturated rings. The van der Waals surface area contributed by atoms with Crippen molar-refractivity contribution in [3.8, 4) is 17.2 Å². The lowest BCUT2D eigenvalue weighted by molar-refractivity contribution is -0.130. The minimum atomic E-state index is -1.01. The Morgan fingerprint density at radius 3 is 2.40 bits per heavy atom. The van der Waals surface area contributed by atoms with Crippen LogP contribution in [-0.2, 0) is 22.7 Å². The van der Waals surface area contributed by atoms with Crippen LogP contribution in [0, 0.1) is 0 Å². The number of methoxy groups -OCH3 is 1. The molecule has 1 aliphatic rings. The number of hydrogen-bond donors (Lipinski definition) is 2. The third kappa shape index (κ3) is 6.65. The molecular formula is C30H28N2O8. The molecule has 0 atom stereocenters. The van der Waals surface area contributed by atoms with Gasteiger partial charge in [-0.15, -0.1) is 0 Å². The minimum absolute atomic E-state index is 0.0798. The van der Waals surface area contributed by atoms with Gasteiger partial charge in [-0.3, -0.25) is 19.8 Å². The van der Waals surface area contributed by atoms with E-state index in [0.29, 0.717) is 35.0 Å². The predicted molar refractivity (Wildman–Crippen MR) is 145 cm³/mol. The van der Waals surface area contributed by atoms with Crippen LogP contribution in [0.1, 0.15) is 40.4 Å². The summed E-state index contributed by atoms with van der Waals surface area (Å²) in [5.74, 6) is -1.04. The molecule has 2 N–H and O–H groups in total. The molecule has 3 aromatic carbocycles. The van der Waals surface area contributed by atoms with Crippen LogP contribution in [0.4, 0.5) is 4.79 Å². The summed E-state index contributed by atoms with van der Waals surface area (Å²) in [5, 5.41) is 11.2. The number of benzene rings is 3. The molecule has 0 unspecified atom stereocenters. The predicted octanol–water partition coefficient (Wildman–Crippen LogP) is 4.42. The Morgan fingerprint density at radius 2 is 1.70 bits per heavy atom. The number of amides is 4. The molecule has 0 saturated carbocycles. The summed E-state index contributed by atoms with van der Waals surface area (Å²) in [6.07, 6.45) is 2.22. The van der Waals surface area contributed by atoms with Gasteiger partial charge in [0.25, 0.3) is 11.8 Å². The van der Waals surface area contributed by atoms with Gasteiger partial charge in [-0.05, 0) is 65.6 Å². The van der Waals surface area contributed by atoms with E-state index in [4.69, 9.17) is 19.3 Å². The molecule has 0 bridgehead atoms. The Hall–Kier alpha value is -5.12. The van der Waals surface area contributed by atoms with Gasteiger partial charge in [0.1, 0.15) is 17.9 Å². The Bertz CT molecular complexity index is 1460. The molecule has 0 aromatic heterocycles. The minimum Gasteiger partial charge on any atom is -0.493 e. The Kier molecular flexibility index (Phi) is 8.80. The van der Waals surface area contributed by atoms with E-state index >= 15 is 0 Å². The standard InChI is InChI=1S/C30H28N2O8/c1-3-13-39-25-12-9-21(16-26(25)38-2)17-32-28(34)24(27(33)31-30(32)37)15-20-5-4-6-23(14-20)40-18-19-7-10-22(11-8-19)29(35)36/h4-12,14-16H,3,13,17-18H2,1-2H3,(H,35,36)(H,31,33,37)/b24-15-. The zero-order valence-electron chi connectivity index (χ0n) is 22.0. The van der Waals surface area contributed by atoms with Crippen molar-refractivity contribution in [1.29, 1.82) is 0 Å². The van der Waals surface area contributed by atoms with Crippen LogP contribution in [0.5, 0.6) is 17.2 Å². The third-order valence-electron chi connectivity index (χ3n) is 5.99. The van der Waals surface area contributed by atoms with E-state index < -0.39 is 23.8 Å². The number of imide groups is 2. The Labute approximate surface area is 230 Å². The van der Waals surface area contributed by atoms with Crippen molar-refractivity contribution in [3.63, 3.8) is 0 Å². The van der Waals surface area contributed by atoms with Crippen molar-refractivity contribution in [2.45, 2.75) is 26.5 Å². The van der Waals surface area contributed by atoms with Crippen molar-refractivity contribution in [2.75, 3.05) is 13.7 Å². The normalized spacial score (nSPS) is 14.2. The van der Waals surface area contributed by atoms with Crippen LogP contribution in [0.3, 0.4) is 0 Å². The maximum Gasteiger partial charge on any atom is 0.335 e. The van der Waals surface area contributed by atoms with E-state index in [1.807, 2.05) is 6.92 Å². The highest BCUT2D eigenvalue weighted by Crippen LogP contribution is 2.29. The topological polar surface area (TPSA) is 131 Å². The molecule has 4 amide bonds. The summed E-state index contributed by atoms with van der Waals surface area (Å²) in [6, 6.07) is 17.4. The Morgan fingerprint density at radius 1 is 0.950 bits per heavy atom. The number of rotatable bonds is 11. The first-order valence-corrected chi connectivity index (χ1v) is 12.5. The number of hydrogen-bond acceptors (Lipinski definition) is 7. The lowest BCUT2D eigenvalue weighted by Crippen LogP contribution is -2.53. The summed E-state index contributed by atoms with van der Waals surface area (Å²) in [5.41, 5.74) is 1.88. The van der Waals surface area contributed by atoms with Crippen LogP contribution < -0.4 is 19.5 Å². The van der Waals surface area contributed by atoms with Crippen LogP contribution in [0.15, 0.2) is 72.3 Å². The van der Waals surface area contributed by atoms with Gasteiger partial charge in [-0.1, -0.05) is 37.3 Å². The van der Waals surface area contributed by atoms with Crippen molar-refractivity contribution in [3.05, 3.63) is 94.6 Å². The van der Waals surface area contributed by atoms with E-state index in [-0.39, 0.29) is 24.3 Å². The van der Waals surface area contributed by atoms with Gasteiger partial charge in [-0.2, -0.15) is 0 Å². The molecule has 206 valence electrons. The molecule has 10 heteroatoms. The highest BCUT2D eigenvalue weighted by molar-refractivity contribution is 6.30. The SMILES string of the molecule is CCCOc1ccc(CN2C(=O)NC(=O)/C(=C/c3cccc(OCc4ccc(C(=O)O)cc4)c3)C2=O)cc1OC. The molecule has 1 heterocycles. The number of ether oxygens (including phenoxy) is 3. The first-order chi connectivity index (χ1) is 19.3. The van der Waals surface area contributed by atoms with E-state index in [9.17, 15) is 19.2 Å². The van der Waals surface area contributed by atoms with E-state index in [1.54, 1.807) is 54.6 Å². The summed E-state index contributed by atoms with van der Waals surface area (Å²) in [7, 11) is 1.50. The molecule has 0 spiro atoms. The smallest absolute Gasteiger partial charge is 0.335 e. The molecular weight excluding hydrogens is 516 g/mol. The lowest BCUT2D eigenvalue weighted by atomic mass is 10.1. The molecule has 0 radical (unpaired) electrons. The summed E-state index contributed by atoms with van der Waals surface area (Å²) in [4.78, 5) is 50.3. The van der Waals surface area contributed by atoms with Crippen LogP contribution >= 0.6 is 0 Å². The second-order valence-electron chi connectivity index (χ2n) is 8.91. The van der Waals surface area contributed by atoms with Gasteiger partial charge in [0, 0.05) is 0 Å². The number of barbiturate groups is 1. The molecule has 10 nitrogen and oxygen atoms in total. The number of urea groups is 1. The monoisotopic (exact) mass is 544 g/mol. The fourth-order valence-corrected chi connectivity index (χ4v) is 3.93. The molecule has 4 rings (SSSR count). The summed E-state index contributed by atoms with van der Waals surface area (Å²) in [6.45, 7) is 2.61. The molecule has 1 aliphatic heterocycles. The second-order valence-corrected chi connectivity index (χ2v) is 8.91. The molecule has 40 heavy (non-hydrogen) atoms. The highest BCUT2D eigenvalue weighted by atomic mass is 16.5. The maximum atomic E-state index is 13.2. The van der Waals surface area contributed by atoms with E-state index in [2.05, 4.69) is 5.32 Å². The van der Waals surface area contributed by atoms with Crippen molar-refractivity contribution in [1.82, 2.24) is 10.2 Å². The first-order valence-electron chi connectivity index (χ1n) is 12.5. The summed E-state index contributed by atoms with van der Waals surface area (Å²) < 4.78 is 16.8. The highest BCUT2D eigenvalue weighted by Gasteiger charge is 2.35. The van der Waals surface area contributed by atoms with Crippen LogP contribution in [-0.4, -0.2) is 47.5 Å². The maximum absolute atomic E-state index is 13.2. The fraction of sp³-hybridized carbons (Fsp3) is 0.200. The number of carbonyl (C=O) groups excluding carboxylic acids is 3. The van der Waals surface area contributed by atoms with Gasteiger partial charge in [0.15, 0.2) is 11.5 Å². The molecule has 0 aliphatic carbocycles. The number of nitrogens with one attached hydrogen (secondary N) is 1. The van der Waals surface area contributed by atoms with Gasteiger partial charge in [-0.25, -0.2) is 9.59 Å². The van der Waals surface area contributed by atoms with Crippen LogP contribution in [0.2, 0.25) is 0 Å². The van der Waals surface area contributed by atoms with Gasteiger partial charge < -0.3 is 19.3 Å². The van der Waals surface area contributed by atoms with E-state index in [1.165, 1.54) is 25.3 Å². The average molecular weight is 545 g/mol. The average Bonchev–Trinajstić information content (AvgIpc) is 2.96. The van der Waals surface area contributed by atoms with Gasteiger partial charge >= 0.3 is 12.0 Å². The zero-order chi connectivity index (χ0) is 28.6. The number of aromatic carboxylic acids is 1. The first kappa shape index (κ1) is 27.9. The summed E-state index contributed by atoms with van der Waals surface area (Å²) >= 11 is 0. The number of nitrogens with zero attached hydrogens (tertiary/aromatic N) is 1. The van der Waals surface area contributed by atoms with Crippen molar-refractivity contribution < 1.29 is 38.5 Å². The third-order valence-corrected chi connectivity index (χ3v) is 5.99. The second kappa shape index (κ2) is 12.6. The fourth-order valence-electron chi connectivity index (χ4n) is 3.93. The van der Waals surface area contributed by atoms with Crippen LogP contribution in [0.25, 0.3) is 6.08 Å². The number of carbonyl (C=O) groups is 4. The number of carboxylic acids is 1. The zero-order valence-corrected chi connectivity index (χ0v) is 22.0. The molecule has 3 aromatic rings. The molecule has 1 saturated heterocycles. The quantitative estimate of drug-likeness (QED) is 0.268.